The first-order chi connectivity index (χ1) is 7.47. The van der Waals surface area contributed by atoms with Gasteiger partial charge in [0, 0.05) is 0 Å². The average Bonchev–Trinajstić information content (AvgIpc) is 2.26. The summed E-state index contributed by atoms with van der Waals surface area (Å²) in [5.41, 5.74) is -1.31. The van der Waals surface area contributed by atoms with Crippen LogP contribution >= 0.6 is 0 Å². The number of benzene rings is 1. The van der Waals surface area contributed by atoms with Gasteiger partial charge in [0.25, 0.3) is 0 Å². The first-order valence-electron chi connectivity index (χ1n) is 5.48. The number of carbonyl (C=O) groups is 1. The number of carboxylic acid groups (broad SMARTS) is 1. The molecule has 1 rings (SSSR count). The Morgan fingerprint density at radius 3 is 2.31 bits per heavy atom. The Kier molecular flexibility index (Phi) is 4.07. The molecule has 0 spiro atoms. The predicted molar refractivity (Wildman–Crippen MR) is 62.0 cm³/mol. The summed E-state index contributed by atoms with van der Waals surface area (Å²) in [7, 11) is 0. The molecule has 1 unspecified atom stereocenters. The molecule has 0 fully saturated rings. The van der Waals surface area contributed by atoms with Gasteiger partial charge in [-0.2, -0.15) is 0 Å². The van der Waals surface area contributed by atoms with Gasteiger partial charge in [0.2, 0.25) is 0 Å². The number of carboxylic acids is 1. The van der Waals surface area contributed by atoms with Crippen molar-refractivity contribution in [2.75, 3.05) is 0 Å². The van der Waals surface area contributed by atoms with Gasteiger partial charge in [-0.15, -0.1) is 0 Å². The van der Waals surface area contributed by atoms with Crippen LogP contribution in [0.3, 0.4) is 0 Å². The van der Waals surface area contributed by atoms with Crippen LogP contribution in [0.25, 0.3) is 0 Å². The van der Waals surface area contributed by atoms with Gasteiger partial charge in [-0.3, -0.25) is 0 Å². The molecule has 1 aromatic carbocycles. The van der Waals surface area contributed by atoms with E-state index in [0.717, 1.165) is 0 Å². The van der Waals surface area contributed by atoms with E-state index in [4.69, 9.17) is 5.11 Å². The van der Waals surface area contributed by atoms with Gasteiger partial charge in [0.05, 0.1) is 0 Å². The quantitative estimate of drug-likeness (QED) is 0.804. The van der Waals surface area contributed by atoms with Gasteiger partial charge in [0.1, 0.15) is 0 Å². The SMILES string of the molecule is CC(C)CCC(O)(C(=O)O)c1ccccc1. The molecule has 0 aliphatic rings. The molecule has 0 heterocycles. The van der Waals surface area contributed by atoms with Crippen LogP contribution in [0.15, 0.2) is 30.3 Å². The van der Waals surface area contributed by atoms with E-state index in [1.807, 2.05) is 13.8 Å². The van der Waals surface area contributed by atoms with Gasteiger partial charge in [-0.1, -0.05) is 44.2 Å². The Morgan fingerprint density at radius 2 is 1.88 bits per heavy atom. The largest absolute Gasteiger partial charge is 0.479 e. The fourth-order valence-electron chi connectivity index (χ4n) is 1.59. The van der Waals surface area contributed by atoms with E-state index in [0.29, 0.717) is 17.9 Å². The molecule has 1 aromatic rings. The van der Waals surface area contributed by atoms with Gasteiger partial charge in [-0.05, 0) is 24.3 Å². The lowest BCUT2D eigenvalue weighted by Crippen LogP contribution is -2.35. The number of hydrogen-bond acceptors (Lipinski definition) is 2. The summed E-state index contributed by atoms with van der Waals surface area (Å²) in [5.74, 6) is -0.811. The zero-order valence-corrected chi connectivity index (χ0v) is 9.68. The Morgan fingerprint density at radius 1 is 1.31 bits per heavy atom. The topological polar surface area (TPSA) is 57.5 Å². The van der Waals surface area contributed by atoms with Crippen molar-refractivity contribution in [3.05, 3.63) is 35.9 Å². The van der Waals surface area contributed by atoms with Crippen LogP contribution in [0.4, 0.5) is 0 Å². The molecule has 0 amide bonds. The van der Waals surface area contributed by atoms with Crippen molar-refractivity contribution >= 4 is 5.97 Å². The lowest BCUT2D eigenvalue weighted by molar-refractivity contribution is -0.160. The molecular weight excluding hydrogens is 204 g/mol. The fourth-order valence-corrected chi connectivity index (χ4v) is 1.59. The minimum absolute atomic E-state index is 0.240. The maximum atomic E-state index is 11.2. The van der Waals surface area contributed by atoms with Gasteiger partial charge >= 0.3 is 5.97 Å². The highest BCUT2D eigenvalue weighted by Gasteiger charge is 2.37. The molecule has 3 nitrogen and oxygen atoms in total. The van der Waals surface area contributed by atoms with Crippen molar-refractivity contribution in [3.8, 4) is 0 Å². The minimum atomic E-state index is -1.76. The molecule has 0 aromatic heterocycles. The molecule has 88 valence electrons. The van der Waals surface area contributed by atoms with Gasteiger partial charge in [0.15, 0.2) is 5.60 Å². The smallest absolute Gasteiger partial charge is 0.340 e. The monoisotopic (exact) mass is 222 g/mol. The number of rotatable bonds is 5. The molecule has 0 bridgehead atoms. The minimum Gasteiger partial charge on any atom is -0.479 e. The van der Waals surface area contributed by atoms with Gasteiger partial charge in [-0.25, -0.2) is 4.79 Å². The molecular formula is C13H18O3. The second-order valence-electron chi connectivity index (χ2n) is 4.46. The number of hydrogen-bond donors (Lipinski definition) is 2. The van der Waals surface area contributed by atoms with E-state index in [-0.39, 0.29) is 6.42 Å². The van der Waals surface area contributed by atoms with Crippen molar-refractivity contribution < 1.29 is 15.0 Å². The van der Waals surface area contributed by atoms with Crippen LogP contribution in [0.2, 0.25) is 0 Å². The summed E-state index contributed by atoms with van der Waals surface area (Å²) < 4.78 is 0. The van der Waals surface area contributed by atoms with Crippen LogP contribution in [-0.4, -0.2) is 16.2 Å². The van der Waals surface area contributed by atoms with Crippen LogP contribution in [0.5, 0.6) is 0 Å². The Bertz CT molecular complexity index is 345. The summed E-state index contributed by atoms with van der Waals surface area (Å²) >= 11 is 0. The standard InChI is InChI=1S/C13H18O3/c1-10(2)8-9-13(16,12(14)15)11-6-4-3-5-7-11/h3-7,10,16H,8-9H2,1-2H3,(H,14,15). The molecule has 1 atom stereocenters. The predicted octanol–water partition coefficient (Wildman–Crippen LogP) is 2.40. The third kappa shape index (κ3) is 2.83. The highest BCUT2D eigenvalue weighted by Crippen LogP contribution is 2.28. The van der Waals surface area contributed by atoms with Gasteiger partial charge < -0.3 is 10.2 Å². The third-order valence-corrected chi connectivity index (χ3v) is 2.69. The van der Waals surface area contributed by atoms with E-state index in [1.54, 1.807) is 30.3 Å². The summed E-state index contributed by atoms with van der Waals surface area (Å²) in [6.07, 6.45) is 0.918. The first kappa shape index (κ1) is 12.7. The lowest BCUT2D eigenvalue weighted by Gasteiger charge is -2.24. The van der Waals surface area contributed by atoms with Crippen LogP contribution in [-0.2, 0) is 10.4 Å². The molecule has 0 saturated carbocycles. The normalized spacial score (nSPS) is 14.8. The summed E-state index contributed by atoms with van der Waals surface area (Å²) in [4.78, 5) is 11.2. The molecule has 0 saturated heterocycles. The maximum absolute atomic E-state index is 11.2. The zero-order valence-electron chi connectivity index (χ0n) is 9.68. The summed E-state index contributed by atoms with van der Waals surface area (Å²) in [6.45, 7) is 4.01. The van der Waals surface area contributed by atoms with E-state index in [2.05, 4.69) is 0 Å². The number of aliphatic carboxylic acids is 1. The molecule has 0 aliphatic carbocycles. The fraction of sp³-hybridized carbons (Fsp3) is 0.462. The zero-order chi connectivity index (χ0) is 12.2. The Labute approximate surface area is 95.7 Å². The highest BCUT2D eigenvalue weighted by molar-refractivity contribution is 5.79. The number of aliphatic hydroxyl groups is 1. The second kappa shape index (κ2) is 5.12. The molecule has 0 aliphatic heterocycles. The molecule has 3 heteroatoms. The summed E-state index contributed by atoms with van der Waals surface area (Å²) in [5, 5.41) is 19.4. The van der Waals surface area contributed by atoms with E-state index < -0.39 is 11.6 Å². The van der Waals surface area contributed by atoms with Crippen molar-refractivity contribution in [1.82, 2.24) is 0 Å². The van der Waals surface area contributed by atoms with Crippen molar-refractivity contribution in [2.45, 2.75) is 32.3 Å². The lowest BCUT2D eigenvalue weighted by atomic mass is 9.87. The van der Waals surface area contributed by atoms with E-state index in [1.165, 1.54) is 0 Å². The first-order valence-corrected chi connectivity index (χ1v) is 5.48. The van der Waals surface area contributed by atoms with Crippen LogP contribution < -0.4 is 0 Å². The Hall–Kier alpha value is -1.35. The van der Waals surface area contributed by atoms with E-state index >= 15 is 0 Å². The third-order valence-electron chi connectivity index (χ3n) is 2.69. The van der Waals surface area contributed by atoms with E-state index in [9.17, 15) is 9.90 Å². The van der Waals surface area contributed by atoms with Crippen molar-refractivity contribution in [2.24, 2.45) is 5.92 Å². The summed E-state index contributed by atoms with van der Waals surface area (Å²) in [6, 6.07) is 8.56. The molecule has 16 heavy (non-hydrogen) atoms. The average molecular weight is 222 g/mol. The van der Waals surface area contributed by atoms with Crippen molar-refractivity contribution in [3.63, 3.8) is 0 Å². The highest BCUT2D eigenvalue weighted by atomic mass is 16.4. The van der Waals surface area contributed by atoms with Crippen LogP contribution in [0, 0.1) is 5.92 Å². The van der Waals surface area contributed by atoms with Crippen molar-refractivity contribution in [1.29, 1.82) is 0 Å². The second-order valence-corrected chi connectivity index (χ2v) is 4.46. The molecule has 0 radical (unpaired) electrons. The molecule has 2 N–H and O–H groups in total. The Balaban J connectivity index is 2.93. The van der Waals surface area contributed by atoms with Crippen LogP contribution in [0.1, 0.15) is 32.3 Å². The maximum Gasteiger partial charge on any atom is 0.340 e.